The Morgan fingerprint density at radius 3 is 2.52 bits per heavy atom. The van der Waals surface area contributed by atoms with Crippen LogP contribution in [0, 0.1) is 0 Å². The van der Waals surface area contributed by atoms with Crippen molar-refractivity contribution in [3.05, 3.63) is 95.6 Å². The fourth-order valence-corrected chi connectivity index (χ4v) is 4.00. The molecule has 0 bridgehead atoms. The van der Waals surface area contributed by atoms with Crippen LogP contribution in [0.4, 0.5) is 5.69 Å². The number of likely N-dealkylation sites (N-methyl/N-ethyl adjacent to an activating group) is 1. The van der Waals surface area contributed by atoms with Crippen LogP contribution >= 0.6 is 0 Å². The van der Waals surface area contributed by atoms with Gasteiger partial charge >= 0.3 is 0 Å². The number of rotatable bonds is 3. The van der Waals surface area contributed by atoms with E-state index in [1.807, 2.05) is 78.9 Å². The third-order valence-electron chi connectivity index (χ3n) is 5.61. The van der Waals surface area contributed by atoms with Crippen LogP contribution in [0.15, 0.2) is 83.9 Å². The number of nitrogens with zero attached hydrogens (tertiary/aromatic N) is 2. The van der Waals surface area contributed by atoms with Crippen LogP contribution in [0.2, 0.25) is 0 Å². The zero-order valence-corrected chi connectivity index (χ0v) is 17.0. The third-order valence-corrected chi connectivity index (χ3v) is 5.61. The molecule has 1 unspecified atom stereocenters. The van der Waals surface area contributed by atoms with Gasteiger partial charge in [0.1, 0.15) is 5.75 Å². The van der Waals surface area contributed by atoms with Crippen molar-refractivity contribution in [2.45, 2.75) is 18.7 Å². The molecule has 1 N–H and O–H groups in total. The first-order valence-electron chi connectivity index (χ1n) is 10.2. The van der Waals surface area contributed by atoms with Gasteiger partial charge in [0, 0.05) is 24.6 Å². The Morgan fingerprint density at radius 2 is 1.71 bits per heavy atom. The van der Waals surface area contributed by atoms with Gasteiger partial charge in [0.05, 0.1) is 11.4 Å². The number of hydrogen-bond donors (Lipinski definition) is 1. The topological polar surface area (TPSA) is 71.0 Å². The number of para-hydroxylation sites is 2. The van der Waals surface area contributed by atoms with Crippen molar-refractivity contribution in [2.75, 3.05) is 11.9 Å². The average Bonchev–Trinajstić information content (AvgIpc) is 3.22. The van der Waals surface area contributed by atoms with E-state index in [9.17, 15) is 9.59 Å². The van der Waals surface area contributed by atoms with Crippen molar-refractivity contribution in [3.63, 3.8) is 0 Å². The van der Waals surface area contributed by atoms with Gasteiger partial charge in [0.2, 0.25) is 6.17 Å². The molecule has 0 radical (unpaired) electrons. The number of carbonyl (C=O) groups is 2. The molecule has 5 rings (SSSR count). The standard InChI is InChI=1S/C25H21N3O3/c1-28-19-13-7-6-12-18(19)22(16-9-3-2-4-10-16)26-23(25(28)30)27-24(29)21-15-17-11-5-8-14-20(17)31-21/h2-14,21,23H,15H2,1H3,(H,27,29)/t21?,23-/m0/s1. The lowest BCUT2D eigenvalue weighted by Crippen LogP contribution is -2.50. The van der Waals surface area contributed by atoms with Crippen molar-refractivity contribution >= 4 is 23.2 Å². The first-order valence-corrected chi connectivity index (χ1v) is 10.2. The molecule has 154 valence electrons. The lowest BCUT2D eigenvalue weighted by molar-refractivity contribution is -0.131. The highest BCUT2D eigenvalue weighted by Gasteiger charge is 2.35. The molecule has 6 heteroatoms. The van der Waals surface area contributed by atoms with E-state index in [1.165, 1.54) is 0 Å². The molecule has 2 aliphatic heterocycles. The van der Waals surface area contributed by atoms with Gasteiger partial charge in [0.15, 0.2) is 6.10 Å². The number of benzodiazepines with no additional fused rings is 1. The van der Waals surface area contributed by atoms with Crippen molar-refractivity contribution < 1.29 is 14.3 Å². The van der Waals surface area contributed by atoms with E-state index >= 15 is 0 Å². The Labute approximate surface area is 180 Å². The molecule has 2 amide bonds. The second-order valence-corrected chi connectivity index (χ2v) is 7.59. The van der Waals surface area contributed by atoms with E-state index in [4.69, 9.17) is 9.73 Å². The zero-order chi connectivity index (χ0) is 21.4. The van der Waals surface area contributed by atoms with Crippen molar-refractivity contribution in [1.29, 1.82) is 0 Å². The third kappa shape index (κ3) is 3.46. The Kier molecular flexibility index (Phi) is 4.75. The van der Waals surface area contributed by atoms with Crippen LogP contribution in [0.1, 0.15) is 16.7 Å². The lowest BCUT2D eigenvalue weighted by atomic mass is 10.0. The van der Waals surface area contributed by atoms with Gasteiger partial charge in [-0.2, -0.15) is 0 Å². The quantitative estimate of drug-likeness (QED) is 0.720. The summed E-state index contributed by atoms with van der Waals surface area (Å²) in [6.45, 7) is 0. The highest BCUT2D eigenvalue weighted by molar-refractivity contribution is 6.20. The fraction of sp³-hybridized carbons (Fsp3) is 0.160. The van der Waals surface area contributed by atoms with Gasteiger partial charge in [-0.3, -0.25) is 9.59 Å². The average molecular weight is 411 g/mol. The maximum atomic E-state index is 13.2. The molecule has 2 atom stereocenters. The number of anilines is 1. The van der Waals surface area contributed by atoms with E-state index in [0.717, 1.165) is 22.4 Å². The molecule has 3 aromatic carbocycles. The number of ether oxygens (including phenoxy) is 1. The largest absolute Gasteiger partial charge is 0.480 e. The zero-order valence-electron chi connectivity index (χ0n) is 17.0. The molecule has 3 aromatic rings. The number of hydrogen-bond acceptors (Lipinski definition) is 4. The molecule has 0 aromatic heterocycles. The summed E-state index contributed by atoms with van der Waals surface area (Å²) >= 11 is 0. The molecule has 0 fully saturated rings. The van der Waals surface area contributed by atoms with Crippen LogP contribution in [0.3, 0.4) is 0 Å². The van der Waals surface area contributed by atoms with Crippen LogP contribution in [0.25, 0.3) is 0 Å². The number of aliphatic imine (C=N–C) groups is 1. The van der Waals surface area contributed by atoms with Crippen molar-refractivity contribution in [3.8, 4) is 5.75 Å². The van der Waals surface area contributed by atoms with Crippen LogP contribution in [-0.4, -0.2) is 36.8 Å². The van der Waals surface area contributed by atoms with Gasteiger partial charge in [-0.15, -0.1) is 0 Å². The van der Waals surface area contributed by atoms with E-state index < -0.39 is 12.3 Å². The number of benzene rings is 3. The Bertz CT molecular complexity index is 1160. The minimum Gasteiger partial charge on any atom is -0.480 e. The Morgan fingerprint density at radius 1 is 1.00 bits per heavy atom. The predicted octanol–water partition coefficient (Wildman–Crippen LogP) is 2.95. The molecule has 2 aliphatic rings. The summed E-state index contributed by atoms with van der Waals surface area (Å²) in [4.78, 5) is 32.5. The normalized spacial score (nSPS) is 19.6. The van der Waals surface area contributed by atoms with Crippen LogP contribution < -0.4 is 15.0 Å². The maximum absolute atomic E-state index is 13.2. The minimum absolute atomic E-state index is 0.303. The summed E-state index contributed by atoms with van der Waals surface area (Å²) in [5.74, 6) is 0.0418. The van der Waals surface area contributed by atoms with Gasteiger partial charge < -0.3 is 15.0 Å². The lowest BCUT2D eigenvalue weighted by Gasteiger charge is -2.21. The molecular weight excluding hydrogens is 390 g/mol. The van der Waals surface area contributed by atoms with Gasteiger partial charge in [-0.25, -0.2) is 4.99 Å². The van der Waals surface area contributed by atoms with E-state index in [-0.39, 0.29) is 11.8 Å². The van der Waals surface area contributed by atoms with Crippen molar-refractivity contribution in [1.82, 2.24) is 5.32 Å². The number of fused-ring (bicyclic) bond motifs is 2. The summed E-state index contributed by atoms with van der Waals surface area (Å²) in [6.07, 6.45) is -1.27. The highest BCUT2D eigenvalue weighted by Crippen LogP contribution is 2.29. The molecule has 31 heavy (non-hydrogen) atoms. The number of nitrogens with one attached hydrogen (secondary N) is 1. The molecule has 0 spiro atoms. The van der Waals surface area contributed by atoms with Gasteiger partial charge in [-0.05, 0) is 17.7 Å². The second-order valence-electron chi connectivity index (χ2n) is 7.59. The van der Waals surface area contributed by atoms with E-state index in [1.54, 1.807) is 11.9 Å². The van der Waals surface area contributed by atoms with Gasteiger partial charge in [0.25, 0.3) is 11.8 Å². The van der Waals surface area contributed by atoms with Crippen molar-refractivity contribution in [2.24, 2.45) is 4.99 Å². The summed E-state index contributed by atoms with van der Waals surface area (Å²) in [6, 6.07) is 24.9. The first-order chi connectivity index (χ1) is 15.1. The van der Waals surface area contributed by atoms with Crippen LogP contribution in [0.5, 0.6) is 5.75 Å². The molecular formula is C25H21N3O3. The smallest absolute Gasteiger partial charge is 0.272 e. The summed E-state index contributed by atoms with van der Waals surface area (Å²) < 4.78 is 5.79. The Balaban J connectivity index is 1.48. The van der Waals surface area contributed by atoms with Gasteiger partial charge in [-0.1, -0.05) is 66.7 Å². The summed E-state index contributed by atoms with van der Waals surface area (Å²) in [7, 11) is 1.70. The fourth-order valence-electron chi connectivity index (χ4n) is 4.00. The molecule has 0 saturated carbocycles. The van der Waals surface area contributed by atoms with Crippen LogP contribution in [-0.2, 0) is 16.0 Å². The van der Waals surface area contributed by atoms with E-state index in [0.29, 0.717) is 17.9 Å². The van der Waals surface area contributed by atoms with E-state index in [2.05, 4.69) is 5.32 Å². The SMILES string of the molecule is CN1C(=O)[C@H](NC(=O)C2Cc3ccccc3O2)N=C(c2ccccc2)c2ccccc21. The monoisotopic (exact) mass is 411 g/mol. The molecule has 6 nitrogen and oxygen atoms in total. The summed E-state index contributed by atoms with van der Waals surface area (Å²) in [5.41, 5.74) is 4.10. The molecule has 0 aliphatic carbocycles. The summed E-state index contributed by atoms with van der Waals surface area (Å²) in [5, 5.41) is 2.81. The second kappa shape index (κ2) is 7.72. The molecule has 0 saturated heterocycles. The number of amides is 2. The highest BCUT2D eigenvalue weighted by atomic mass is 16.5. The molecule has 2 heterocycles. The minimum atomic E-state index is -1.05. The number of carbonyl (C=O) groups excluding carboxylic acids is 2. The maximum Gasteiger partial charge on any atom is 0.272 e. The Hall–Kier alpha value is -3.93. The predicted molar refractivity (Wildman–Crippen MR) is 118 cm³/mol. The first kappa shape index (κ1) is 19.1.